The molecule has 7 heteroatoms. The quantitative estimate of drug-likeness (QED) is 0.755. The van der Waals surface area contributed by atoms with Gasteiger partial charge in [0, 0.05) is 42.9 Å². The van der Waals surface area contributed by atoms with E-state index < -0.39 is 5.54 Å². The lowest BCUT2D eigenvalue weighted by molar-refractivity contribution is -0.134. The van der Waals surface area contributed by atoms with E-state index in [0.29, 0.717) is 19.0 Å². The summed E-state index contributed by atoms with van der Waals surface area (Å²) in [6.45, 7) is 8.01. The van der Waals surface area contributed by atoms with Crippen LogP contribution in [0.4, 0.5) is 0 Å². The summed E-state index contributed by atoms with van der Waals surface area (Å²) in [6.07, 6.45) is 2.23. The average molecular weight is 388 g/mol. The fourth-order valence-electron chi connectivity index (χ4n) is 3.33. The minimum Gasteiger partial charge on any atom is -0.350 e. The summed E-state index contributed by atoms with van der Waals surface area (Å²) in [5, 5.41) is 5.09. The van der Waals surface area contributed by atoms with Gasteiger partial charge in [0.15, 0.2) is 0 Å². The third-order valence-corrected chi connectivity index (χ3v) is 5.50. The van der Waals surface area contributed by atoms with Crippen LogP contribution in [0.3, 0.4) is 0 Å². The Balaban J connectivity index is 0.00000312. The predicted molar refractivity (Wildman–Crippen MR) is 105 cm³/mol. The Morgan fingerprint density at radius 2 is 2.12 bits per heavy atom. The third kappa shape index (κ3) is 6.28. The second-order valence-electron chi connectivity index (χ2n) is 7.35. The molecule has 0 saturated heterocycles. The molecule has 0 fully saturated rings. The number of carbonyl (C=O) groups is 2. The number of halogens is 1. The minimum absolute atomic E-state index is 0. The fraction of sp³-hybridized carbons (Fsp3) is 0.667. The van der Waals surface area contributed by atoms with E-state index in [1.165, 1.54) is 10.4 Å². The van der Waals surface area contributed by atoms with Crippen molar-refractivity contribution in [2.45, 2.75) is 58.5 Å². The molecule has 25 heavy (non-hydrogen) atoms. The SMILES string of the molecule is CC(C)CC(C)(CN)NC(=O)CCC(=O)N1CCc2sccc2C1.Cl. The maximum Gasteiger partial charge on any atom is 0.223 e. The van der Waals surface area contributed by atoms with E-state index in [4.69, 9.17) is 5.73 Å². The molecule has 1 aromatic heterocycles. The van der Waals surface area contributed by atoms with Gasteiger partial charge in [0.1, 0.15) is 0 Å². The van der Waals surface area contributed by atoms with Gasteiger partial charge in [-0.3, -0.25) is 9.59 Å². The van der Waals surface area contributed by atoms with Crippen LogP contribution in [0.25, 0.3) is 0 Å². The molecule has 0 aromatic carbocycles. The summed E-state index contributed by atoms with van der Waals surface area (Å²) in [7, 11) is 0. The molecule has 1 aromatic rings. The highest BCUT2D eigenvalue weighted by molar-refractivity contribution is 7.10. The normalized spacial score (nSPS) is 16.0. The number of fused-ring (bicyclic) bond motifs is 1. The molecule has 0 radical (unpaired) electrons. The molecule has 0 bridgehead atoms. The first-order chi connectivity index (χ1) is 11.3. The van der Waals surface area contributed by atoms with Crippen molar-refractivity contribution < 1.29 is 9.59 Å². The Kier molecular flexibility index (Phi) is 8.38. The molecule has 142 valence electrons. The summed E-state index contributed by atoms with van der Waals surface area (Å²) in [4.78, 5) is 27.8. The van der Waals surface area contributed by atoms with Crippen molar-refractivity contribution in [2.24, 2.45) is 11.7 Å². The molecule has 2 rings (SSSR count). The van der Waals surface area contributed by atoms with Crippen LogP contribution in [-0.4, -0.2) is 35.3 Å². The van der Waals surface area contributed by atoms with E-state index in [1.807, 2.05) is 11.8 Å². The van der Waals surface area contributed by atoms with Crippen LogP contribution in [0, 0.1) is 5.92 Å². The minimum atomic E-state index is -0.398. The van der Waals surface area contributed by atoms with Crippen molar-refractivity contribution in [3.05, 3.63) is 21.9 Å². The monoisotopic (exact) mass is 387 g/mol. The third-order valence-electron chi connectivity index (χ3n) is 4.48. The molecule has 0 aliphatic carbocycles. The molecule has 2 amide bonds. The van der Waals surface area contributed by atoms with Crippen molar-refractivity contribution in [3.63, 3.8) is 0 Å². The summed E-state index contributed by atoms with van der Waals surface area (Å²) in [6, 6.07) is 2.09. The topological polar surface area (TPSA) is 75.4 Å². The number of carbonyl (C=O) groups excluding carboxylic acids is 2. The van der Waals surface area contributed by atoms with Gasteiger partial charge in [-0.1, -0.05) is 13.8 Å². The summed E-state index contributed by atoms with van der Waals surface area (Å²) in [5.74, 6) is 0.416. The van der Waals surface area contributed by atoms with Gasteiger partial charge in [0.05, 0.1) is 0 Å². The Bertz CT molecular complexity index is 591. The van der Waals surface area contributed by atoms with Crippen LogP contribution in [0.5, 0.6) is 0 Å². The maximum atomic E-state index is 12.4. The summed E-state index contributed by atoms with van der Waals surface area (Å²) < 4.78 is 0. The first-order valence-corrected chi connectivity index (χ1v) is 9.55. The second-order valence-corrected chi connectivity index (χ2v) is 8.35. The smallest absolute Gasteiger partial charge is 0.223 e. The highest BCUT2D eigenvalue weighted by atomic mass is 35.5. The molecule has 1 aliphatic heterocycles. The molecule has 0 spiro atoms. The van der Waals surface area contributed by atoms with Crippen LogP contribution in [0.1, 0.15) is 50.5 Å². The van der Waals surface area contributed by atoms with Gasteiger partial charge < -0.3 is 16.0 Å². The number of rotatable bonds is 7. The lowest BCUT2D eigenvalue weighted by Crippen LogP contribution is -2.52. The van der Waals surface area contributed by atoms with Crippen molar-refractivity contribution in [2.75, 3.05) is 13.1 Å². The molecule has 5 nitrogen and oxygen atoms in total. The number of hydrogen-bond acceptors (Lipinski definition) is 4. The largest absolute Gasteiger partial charge is 0.350 e. The first-order valence-electron chi connectivity index (χ1n) is 8.67. The molecule has 1 atom stereocenters. The van der Waals surface area contributed by atoms with E-state index in [-0.39, 0.29) is 37.1 Å². The highest BCUT2D eigenvalue weighted by Crippen LogP contribution is 2.24. The van der Waals surface area contributed by atoms with Gasteiger partial charge >= 0.3 is 0 Å². The molecule has 3 N–H and O–H groups in total. The molecule has 1 unspecified atom stereocenters. The van der Waals surface area contributed by atoms with Crippen molar-refractivity contribution in [3.8, 4) is 0 Å². The van der Waals surface area contributed by atoms with Gasteiger partial charge in [-0.05, 0) is 42.7 Å². The van der Waals surface area contributed by atoms with Gasteiger partial charge in [0.2, 0.25) is 11.8 Å². The molecular formula is C18H30ClN3O2S. The number of amides is 2. The van der Waals surface area contributed by atoms with E-state index in [2.05, 4.69) is 30.6 Å². The van der Waals surface area contributed by atoms with Gasteiger partial charge in [0.25, 0.3) is 0 Å². The first kappa shape index (κ1) is 21.9. The maximum absolute atomic E-state index is 12.4. The van der Waals surface area contributed by atoms with E-state index >= 15 is 0 Å². The van der Waals surface area contributed by atoms with E-state index in [0.717, 1.165) is 19.4 Å². The number of nitrogens with one attached hydrogen (secondary N) is 1. The molecule has 1 aliphatic rings. The summed E-state index contributed by atoms with van der Waals surface area (Å²) >= 11 is 1.76. The van der Waals surface area contributed by atoms with Gasteiger partial charge in [-0.25, -0.2) is 0 Å². The highest BCUT2D eigenvalue weighted by Gasteiger charge is 2.27. The van der Waals surface area contributed by atoms with Crippen LogP contribution in [0.2, 0.25) is 0 Å². The lowest BCUT2D eigenvalue weighted by Gasteiger charge is -2.31. The van der Waals surface area contributed by atoms with E-state index in [1.54, 1.807) is 11.3 Å². The second kappa shape index (κ2) is 9.55. The Hall–Kier alpha value is -1.11. The zero-order valence-corrected chi connectivity index (χ0v) is 17.0. The lowest BCUT2D eigenvalue weighted by atomic mass is 9.90. The average Bonchev–Trinajstić information content (AvgIpc) is 2.99. The van der Waals surface area contributed by atoms with Crippen molar-refractivity contribution >= 4 is 35.6 Å². The van der Waals surface area contributed by atoms with Crippen molar-refractivity contribution in [1.82, 2.24) is 10.2 Å². The Morgan fingerprint density at radius 1 is 1.40 bits per heavy atom. The molecule has 2 heterocycles. The standard InChI is InChI=1S/C18H29N3O2S.ClH/c1-13(2)10-18(3,12-19)20-16(22)4-5-17(23)21-8-6-15-14(11-21)7-9-24-15;/h7,9,13H,4-6,8,10-12,19H2,1-3H3,(H,20,22);1H. The van der Waals surface area contributed by atoms with Crippen LogP contribution < -0.4 is 11.1 Å². The van der Waals surface area contributed by atoms with Gasteiger partial charge in [-0.15, -0.1) is 23.7 Å². The number of nitrogens with zero attached hydrogens (tertiary/aromatic N) is 1. The van der Waals surface area contributed by atoms with Crippen LogP contribution in [0.15, 0.2) is 11.4 Å². The zero-order valence-electron chi connectivity index (χ0n) is 15.3. The number of nitrogens with two attached hydrogens (primary N) is 1. The van der Waals surface area contributed by atoms with Gasteiger partial charge in [-0.2, -0.15) is 0 Å². The summed E-state index contributed by atoms with van der Waals surface area (Å²) in [5.41, 5.74) is 6.67. The number of thiophene rings is 1. The predicted octanol–water partition coefficient (Wildman–Crippen LogP) is 2.71. The number of hydrogen-bond donors (Lipinski definition) is 2. The fourth-order valence-corrected chi connectivity index (χ4v) is 4.22. The molecule has 0 saturated carbocycles. The molecular weight excluding hydrogens is 358 g/mol. The van der Waals surface area contributed by atoms with E-state index in [9.17, 15) is 9.59 Å². The zero-order chi connectivity index (χ0) is 17.7. The van der Waals surface area contributed by atoms with Crippen molar-refractivity contribution in [1.29, 1.82) is 0 Å². The van der Waals surface area contributed by atoms with Crippen LogP contribution >= 0.6 is 23.7 Å². The Morgan fingerprint density at radius 3 is 2.76 bits per heavy atom. The van der Waals surface area contributed by atoms with Crippen LogP contribution in [-0.2, 0) is 22.6 Å². The Labute approximate surface area is 160 Å².